The summed E-state index contributed by atoms with van der Waals surface area (Å²) in [5, 5.41) is 2.94. The van der Waals surface area contributed by atoms with E-state index in [4.69, 9.17) is 14.2 Å². The van der Waals surface area contributed by atoms with Crippen LogP contribution in [0.1, 0.15) is 26.3 Å². The van der Waals surface area contributed by atoms with Crippen molar-refractivity contribution >= 4 is 24.5 Å². The summed E-state index contributed by atoms with van der Waals surface area (Å²) in [5.74, 6) is 1.44. The lowest BCUT2D eigenvalue weighted by atomic mass is 10.2. The van der Waals surface area contributed by atoms with Gasteiger partial charge in [0, 0.05) is 24.3 Å². The molecule has 7 heteroatoms. The fourth-order valence-corrected chi connectivity index (χ4v) is 2.82. The third kappa shape index (κ3) is 21.2. The number of carbonyl (C=O) groups excluding carboxylic acids is 2. The quantitative estimate of drug-likeness (QED) is 0.186. The predicted octanol–water partition coefficient (Wildman–Crippen LogP) is 5.35. The first-order valence-corrected chi connectivity index (χ1v) is 12.2. The van der Waals surface area contributed by atoms with Gasteiger partial charge in [-0.2, -0.15) is 0 Å². The molecule has 1 N–H and O–H groups in total. The minimum atomic E-state index is -0.269. The van der Waals surface area contributed by atoms with Gasteiger partial charge < -0.3 is 19.5 Å². The van der Waals surface area contributed by atoms with Crippen LogP contribution in [0.4, 0.5) is 0 Å². The summed E-state index contributed by atoms with van der Waals surface area (Å²) in [7, 11) is 3.59. The van der Waals surface area contributed by atoms with Crippen LogP contribution in [0.5, 0.6) is 5.75 Å². The van der Waals surface area contributed by atoms with E-state index in [-0.39, 0.29) is 6.10 Å². The average molecular weight is 492 g/mol. The number of ether oxygens (including phenoxy) is 3. The van der Waals surface area contributed by atoms with Crippen molar-refractivity contribution in [3.8, 4) is 5.75 Å². The van der Waals surface area contributed by atoms with Crippen LogP contribution in [0, 0.1) is 6.92 Å². The second-order valence-corrected chi connectivity index (χ2v) is 7.76. The van der Waals surface area contributed by atoms with Gasteiger partial charge in [-0.05, 0) is 50.7 Å². The van der Waals surface area contributed by atoms with Gasteiger partial charge in [-0.1, -0.05) is 56.3 Å². The molecule has 2 aromatic carbocycles. The first-order valence-electron chi connectivity index (χ1n) is 11.2. The molecular formula is C27H41NO5S. The van der Waals surface area contributed by atoms with E-state index in [2.05, 4.69) is 43.1 Å². The summed E-state index contributed by atoms with van der Waals surface area (Å²) in [6, 6.07) is 17.8. The van der Waals surface area contributed by atoms with Crippen molar-refractivity contribution < 1.29 is 23.8 Å². The SMILES string of the molecule is C=C(C)C=O.CC.CNCCOC.Cc1ccc(SCC(COc2ccccc2)OC=O)cc1. The number of nitrogens with one attached hydrogen (secondary N) is 1. The Balaban J connectivity index is 0. The lowest BCUT2D eigenvalue weighted by molar-refractivity contribution is -0.133. The minimum absolute atomic E-state index is 0.269. The average Bonchev–Trinajstić information content (AvgIpc) is 2.88. The van der Waals surface area contributed by atoms with Crippen LogP contribution in [0.15, 0.2) is 71.6 Å². The van der Waals surface area contributed by atoms with Crippen molar-refractivity contribution in [1.29, 1.82) is 0 Å². The molecule has 0 saturated carbocycles. The van der Waals surface area contributed by atoms with Gasteiger partial charge in [-0.25, -0.2) is 0 Å². The number of benzene rings is 2. The van der Waals surface area contributed by atoms with Crippen molar-refractivity contribution in [2.24, 2.45) is 0 Å². The summed E-state index contributed by atoms with van der Waals surface area (Å²) in [6.45, 7) is 13.6. The topological polar surface area (TPSA) is 73.9 Å². The van der Waals surface area contributed by atoms with E-state index < -0.39 is 0 Å². The third-order valence-electron chi connectivity index (χ3n) is 3.64. The molecule has 6 nitrogen and oxygen atoms in total. The monoisotopic (exact) mass is 491 g/mol. The Morgan fingerprint density at radius 1 is 1.09 bits per heavy atom. The molecule has 2 rings (SSSR count). The Kier molecular flexibility index (Phi) is 24.7. The number of methoxy groups -OCH3 is 1. The number of para-hydroxylation sites is 1. The van der Waals surface area contributed by atoms with Crippen LogP contribution >= 0.6 is 11.8 Å². The number of allylic oxidation sites excluding steroid dienone is 1. The van der Waals surface area contributed by atoms with Gasteiger partial charge in [-0.3, -0.25) is 9.59 Å². The zero-order valence-corrected chi connectivity index (χ0v) is 22.2. The van der Waals surface area contributed by atoms with E-state index in [0.29, 0.717) is 24.4 Å². The molecule has 0 aliphatic carbocycles. The Labute approximate surface area is 210 Å². The molecular weight excluding hydrogens is 450 g/mol. The van der Waals surface area contributed by atoms with Crippen molar-refractivity contribution in [3.63, 3.8) is 0 Å². The van der Waals surface area contributed by atoms with Crippen LogP contribution in [-0.2, 0) is 19.1 Å². The molecule has 0 bridgehead atoms. The zero-order chi connectivity index (χ0) is 26.0. The molecule has 34 heavy (non-hydrogen) atoms. The number of likely N-dealkylation sites (N-methyl/N-ethyl adjacent to an activating group) is 1. The second-order valence-electron chi connectivity index (χ2n) is 6.66. The van der Waals surface area contributed by atoms with Crippen molar-refractivity contribution in [1.82, 2.24) is 5.32 Å². The van der Waals surface area contributed by atoms with Gasteiger partial charge in [0.15, 0.2) is 0 Å². The van der Waals surface area contributed by atoms with Crippen LogP contribution in [-0.4, -0.2) is 58.5 Å². The van der Waals surface area contributed by atoms with Gasteiger partial charge >= 0.3 is 0 Å². The fraction of sp³-hybridized carbons (Fsp3) is 0.407. The Hall–Kier alpha value is -2.61. The van der Waals surface area contributed by atoms with E-state index in [1.165, 1.54) is 5.56 Å². The summed E-state index contributed by atoms with van der Waals surface area (Å²) in [4.78, 5) is 21.2. The number of aryl methyl sites for hydroxylation is 1. The molecule has 0 radical (unpaired) electrons. The second kappa shape index (κ2) is 25.0. The minimum Gasteiger partial charge on any atom is -0.490 e. The zero-order valence-electron chi connectivity index (χ0n) is 21.4. The van der Waals surface area contributed by atoms with Gasteiger partial charge in [0.2, 0.25) is 0 Å². The highest BCUT2D eigenvalue weighted by molar-refractivity contribution is 7.99. The summed E-state index contributed by atoms with van der Waals surface area (Å²) in [5.41, 5.74) is 1.80. The first kappa shape index (κ1) is 33.6. The highest BCUT2D eigenvalue weighted by atomic mass is 32.2. The molecule has 0 aliphatic heterocycles. The lowest BCUT2D eigenvalue weighted by Gasteiger charge is -2.15. The first-order chi connectivity index (χ1) is 16.5. The lowest BCUT2D eigenvalue weighted by Crippen LogP contribution is -2.23. The molecule has 2 aromatic rings. The standard InChI is InChI=1S/C17H18O3S.C4H11NO.C4H6O.C2H6/c1-14-7-9-17(10-8-14)21-12-16(20-13-18)11-19-15-5-3-2-4-6-15;1-5-3-4-6-2;1-4(2)3-5;1-2/h2-10,13,16H,11-12H2,1H3;5H,3-4H2,1-2H3;3H,1H2,2H3;1-2H3. The van der Waals surface area contributed by atoms with E-state index in [9.17, 15) is 9.59 Å². The Morgan fingerprint density at radius 3 is 2.12 bits per heavy atom. The van der Waals surface area contributed by atoms with Crippen LogP contribution < -0.4 is 10.1 Å². The van der Waals surface area contributed by atoms with Crippen molar-refractivity contribution in [2.75, 3.05) is 39.7 Å². The molecule has 0 saturated heterocycles. The molecule has 0 aliphatic rings. The van der Waals surface area contributed by atoms with E-state index in [1.807, 2.05) is 51.2 Å². The van der Waals surface area contributed by atoms with Gasteiger partial charge in [0.05, 0.1) is 6.61 Å². The summed E-state index contributed by atoms with van der Waals surface area (Å²) >= 11 is 1.65. The highest BCUT2D eigenvalue weighted by Crippen LogP contribution is 2.20. The molecule has 0 fully saturated rings. The maximum absolute atomic E-state index is 10.6. The molecule has 1 unspecified atom stereocenters. The van der Waals surface area contributed by atoms with Gasteiger partial charge in [0.25, 0.3) is 6.47 Å². The van der Waals surface area contributed by atoms with Crippen LogP contribution in [0.2, 0.25) is 0 Å². The van der Waals surface area contributed by atoms with E-state index >= 15 is 0 Å². The number of carbonyl (C=O) groups is 2. The number of aldehydes is 1. The number of hydrogen-bond donors (Lipinski definition) is 1. The smallest absolute Gasteiger partial charge is 0.293 e. The number of thioether (sulfide) groups is 1. The van der Waals surface area contributed by atoms with Gasteiger partial charge in [-0.15, -0.1) is 11.8 Å². The van der Waals surface area contributed by atoms with E-state index in [1.54, 1.807) is 25.8 Å². The number of rotatable bonds is 12. The predicted molar refractivity (Wildman–Crippen MR) is 143 cm³/mol. The molecule has 190 valence electrons. The summed E-state index contributed by atoms with van der Waals surface area (Å²) in [6.07, 6.45) is 0.453. The maximum Gasteiger partial charge on any atom is 0.293 e. The Bertz CT molecular complexity index is 734. The maximum atomic E-state index is 10.6. The molecule has 1 atom stereocenters. The van der Waals surface area contributed by atoms with E-state index in [0.717, 1.165) is 30.1 Å². The third-order valence-corrected chi connectivity index (χ3v) is 4.79. The van der Waals surface area contributed by atoms with Crippen molar-refractivity contribution in [2.45, 2.75) is 38.7 Å². The molecule has 0 aromatic heterocycles. The number of hydrogen-bond acceptors (Lipinski definition) is 7. The molecule has 0 spiro atoms. The summed E-state index contributed by atoms with van der Waals surface area (Å²) < 4.78 is 15.4. The van der Waals surface area contributed by atoms with Crippen LogP contribution in [0.25, 0.3) is 0 Å². The largest absolute Gasteiger partial charge is 0.490 e. The molecule has 0 heterocycles. The van der Waals surface area contributed by atoms with Crippen molar-refractivity contribution in [3.05, 3.63) is 72.3 Å². The normalized spacial score (nSPS) is 9.94. The van der Waals surface area contributed by atoms with Crippen LogP contribution in [0.3, 0.4) is 0 Å². The fourth-order valence-electron chi connectivity index (χ4n) is 1.94. The Morgan fingerprint density at radius 2 is 1.68 bits per heavy atom. The van der Waals surface area contributed by atoms with Gasteiger partial charge in [0.1, 0.15) is 24.7 Å². The molecule has 0 amide bonds. The highest BCUT2D eigenvalue weighted by Gasteiger charge is 2.11.